The highest BCUT2D eigenvalue weighted by atomic mass is 32.2. The molecule has 4 aromatic rings. The molecule has 3 N–H and O–H groups in total. The number of carbonyl (C=O) groups is 1. The first-order valence-electron chi connectivity index (χ1n) is 10.7. The Morgan fingerprint density at radius 1 is 0.973 bits per heavy atom. The fourth-order valence-electron chi connectivity index (χ4n) is 3.17. The van der Waals surface area contributed by atoms with Crippen LogP contribution in [0.3, 0.4) is 0 Å². The minimum absolute atomic E-state index is 0.0173. The Kier molecular flexibility index (Phi) is 7.15. The Labute approximate surface area is 212 Å². The summed E-state index contributed by atoms with van der Waals surface area (Å²) in [4.78, 5) is 28.3. The van der Waals surface area contributed by atoms with Gasteiger partial charge in [0, 0.05) is 18.0 Å². The summed E-state index contributed by atoms with van der Waals surface area (Å²) in [6, 6.07) is 12.6. The molecule has 0 fully saturated rings. The van der Waals surface area contributed by atoms with Crippen LogP contribution in [-0.2, 0) is 10.0 Å². The van der Waals surface area contributed by atoms with E-state index in [-0.39, 0.29) is 39.7 Å². The molecule has 1 amide bonds. The molecule has 0 bridgehead atoms. The number of aryl methyl sites for hydroxylation is 1. The van der Waals surface area contributed by atoms with Gasteiger partial charge in [0.2, 0.25) is 5.75 Å². The number of ether oxygens (including phenoxy) is 3. The third-order valence-electron chi connectivity index (χ3n) is 4.97. The van der Waals surface area contributed by atoms with Crippen LogP contribution in [0.4, 0.5) is 5.82 Å². The number of nitrogens with two attached hydrogens (primary N) is 1. The van der Waals surface area contributed by atoms with Gasteiger partial charge in [-0.15, -0.1) is 0 Å². The minimum Gasteiger partial charge on any atom is -0.493 e. The molecule has 0 radical (unpaired) electrons. The summed E-state index contributed by atoms with van der Waals surface area (Å²) in [6.45, 7) is 1.78. The largest absolute Gasteiger partial charge is 0.493 e. The van der Waals surface area contributed by atoms with Crippen LogP contribution in [0.15, 0.2) is 66.0 Å². The van der Waals surface area contributed by atoms with Gasteiger partial charge in [0.05, 0.1) is 14.2 Å². The van der Waals surface area contributed by atoms with Gasteiger partial charge in [-0.2, -0.15) is 13.4 Å². The van der Waals surface area contributed by atoms with E-state index in [9.17, 15) is 13.2 Å². The Hall–Kier alpha value is -4.78. The first kappa shape index (κ1) is 25.3. The summed E-state index contributed by atoms with van der Waals surface area (Å²) >= 11 is 0. The molecule has 3 aromatic heterocycles. The number of sulfonamides is 1. The lowest BCUT2D eigenvalue weighted by Crippen LogP contribution is -2.17. The van der Waals surface area contributed by atoms with Gasteiger partial charge in [0.25, 0.3) is 21.8 Å². The molecule has 1 aromatic carbocycles. The highest BCUT2D eigenvalue weighted by Gasteiger charge is 2.25. The number of rotatable bonds is 9. The molecule has 0 saturated carbocycles. The molecule has 0 spiro atoms. The Morgan fingerprint density at radius 3 is 2.38 bits per heavy atom. The Bertz CT molecular complexity index is 1560. The number of para-hydroxylation sites is 2. The third-order valence-corrected chi connectivity index (χ3v) is 6.22. The molecule has 4 rings (SSSR count). The number of carbonyl (C=O) groups excluding carboxylic acids is 1. The summed E-state index contributed by atoms with van der Waals surface area (Å²) in [5.74, 6) is -0.567. The number of nitrogens with zero attached hydrogens (tertiary/aromatic N) is 4. The number of methoxy groups -OCH3 is 2. The van der Waals surface area contributed by atoms with E-state index in [0.717, 1.165) is 5.56 Å². The van der Waals surface area contributed by atoms with E-state index in [4.69, 9.17) is 19.9 Å². The second-order valence-electron chi connectivity index (χ2n) is 7.56. The van der Waals surface area contributed by atoms with Crippen LogP contribution in [0.2, 0.25) is 0 Å². The van der Waals surface area contributed by atoms with Crippen LogP contribution < -0.4 is 24.7 Å². The van der Waals surface area contributed by atoms with E-state index >= 15 is 0 Å². The zero-order valence-corrected chi connectivity index (χ0v) is 20.8. The molecule has 3 heterocycles. The number of anilines is 1. The molecule has 0 aliphatic heterocycles. The minimum atomic E-state index is -4.21. The van der Waals surface area contributed by atoms with Crippen LogP contribution in [0, 0.1) is 6.92 Å². The van der Waals surface area contributed by atoms with Gasteiger partial charge in [-0.1, -0.05) is 18.2 Å². The average Bonchev–Trinajstić information content (AvgIpc) is 2.90. The maximum Gasteiger partial charge on any atom is 0.280 e. The maximum absolute atomic E-state index is 13.2. The lowest BCUT2D eigenvalue weighted by Gasteiger charge is -2.17. The van der Waals surface area contributed by atoms with Gasteiger partial charge in [0.15, 0.2) is 28.2 Å². The average molecular weight is 523 g/mol. The SMILES string of the molecule is COc1ccccc1Oc1c(NS(=O)(=O)c2ccc(C)cn2)nc(-c2ccnc(C(N)=O)c2)nc1OC. The van der Waals surface area contributed by atoms with E-state index in [0.29, 0.717) is 11.3 Å². The normalized spacial score (nSPS) is 11.0. The maximum atomic E-state index is 13.2. The predicted molar refractivity (Wildman–Crippen MR) is 133 cm³/mol. The van der Waals surface area contributed by atoms with Crippen molar-refractivity contribution in [2.75, 3.05) is 18.9 Å². The number of hydrogen-bond acceptors (Lipinski definition) is 10. The summed E-state index contributed by atoms with van der Waals surface area (Å²) in [7, 11) is -1.41. The summed E-state index contributed by atoms with van der Waals surface area (Å²) < 4.78 is 45.6. The van der Waals surface area contributed by atoms with Crippen molar-refractivity contribution in [3.8, 4) is 34.5 Å². The van der Waals surface area contributed by atoms with E-state index in [1.807, 2.05) is 0 Å². The highest BCUT2D eigenvalue weighted by molar-refractivity contribution is 7.92. The number of primary amides is 1. The summed E-state index contributed by atoms with van der Waals surface area (Å²) in [5.41, 5.74) is 6.44. The monoisotopic (exact) mass is 522 g/mol. The van der Waals surface area contributed by atoms with Crippen LogP contribution in [-0.4, -0.2) is 48.5 Å². The fraction of sp³-hybridized carbons (Fsp3) is 0.125. The van der Waals surface area contributed by atoms with Crippen molar-refractivity contribution in [3.63, 3.8) is 0 Å². The summed E-state index contributed by atoms with van der Waals surface area (Å²) in [6.07, 6.45) is 2.78. The third kappa shape index (κ3) is 5.56. The quantitative estimate of drug-likeness (QED) is 0.333. The van der Waals surface area contributed by atoms with E-state index in [2.05, 4.69) is 24.7 Å². The van der Waals surface area contributed by atoms with Gasteiger partial charge in [0.1, 0.15) is 5.69 Å². The Morgan fingerprint density at radius 2 is 1.73 bits per heavy atom. The molecular formula is C24H22N6O6S. The molecule has 0 aliphatic carbocycles. The molecule has 37 heavy (non-hydrogen) atoms. The topological polar surface area (TPSA) is 169 Å². The number of aromatic nitrogens is 4. The zero-order chi connectivity index (χ0) is 26.6. The van der Waals surface area contributed by atoms with Crippen LogP contribution in [0.25, 0.3) is 11.4 Å². The van der Waals surface area contributed by atoms with Gasteiger partial charge < -0.3 is 19.9 Å². The Balaban J connectivity index is 1.89. The lowest BCUT2D eigenvalue weighted by atomic mass is 10.2. The predicted octanol–water partition coefficient (Wildman–Crippen LogP) is 2.95. The fourth-order valence-corrected chi connectivity index (χ4v) is 4.10. The van der Waals surface area contributed by atoms with Gasteiger partial charge in [-0.05, 0) is 42.8 Å². The standard InChI is InChI=1S/C24H22N6O6S/c1-14-8-9-19(27-13-14)37(32,33)30-23-20(36-18-7-5-4-6-17(18)34-2)24(35-3)29-22(28-23)15-10-11-26-16(12-15)21(25)31/h4-13H,1-3H3,(H2,25,31)(H,28,29,30). The van der Waals surface area contributed by atoms with Crippen LogP contribution in [0.5, 0.6) is 23.1 Å². The number of hydrogen-bond donors (Lipinski definition) is 2. The summed E-state index contributed by atoms with van der Waals surface area (Å²) in [5, 5.41) is -0.236. The van der Waals surface area contributed by atoms with Crippen molar-refractivity contribution in [2.45, 2.75) is 11.9 Å². The van der Waals surface area contributed by atoms with Crippen molar-refractivity contribution in [3.05, 3.63) is 72.2 Å². The van der Waals surface area contributed by atoms with Gasteiger partial charge >= 0.3 is 0 Å². The van der Waals surface area contributed by atoms with Crippen molar-refractivity contribution in [2.24, 2.45) is 5.73 Å². The second-order valence-corrected chi connectivity index (χ2v) is 9.19. The van der Waals surface area contributed by atoms with Gasteiger partial charge in [-0.25, -0.2) is 9.97 Å². The number of benzene rings is 1. The lowest BCUT2D eigenvalue weighted by molar-refractivity contribution is 0.0995. The van der Waals surface area contributed by atoms with Crippen molar-refractivity contribution >= 4 is 21.7 Å². The molecule has 0 unspecified atom stereocenters. The highest BCUT2D eigenvalue weighted by Crippen LogP contribution is 2.41. The van der Waals surface area contributed by atoms with Crippen molar-refractivity contribution < 1.29 is 27.4 Å². The molecule has 13 heteroatoms. The molecule has 0 saturated heterocycles. The van der Waals surface area contributed by atoms with E-state index < -0.39 is 15.9 Å². The van der Waals surface area contributed by atoms with Crippen LogP contribution in [0.1, 0.15) is 16.1 Å². The number of amides is 1. The van der Waals surface area contributed by atoms with Gasteiger partial charge in [-0.3, -0.25) is 14.5 Å². The zero-order valence-electron chi connectivity index (χ0n) is 20.0. The van der Waals surface area contributed by atoms with E-state index in [1.165, 1.54) is 44.8 Å². The molecule has 0 aliphatic rings. The first-order chi connectivity index (χ1) is 17.7. The van der Waals surface area contributed by atoms with Crippen LogP contribution >= 0.6 is 0 Å². The smallest absolute Gasteiger partial charge is 0.280 e. The molecule has 0 atom stereocenters. The molecular weight excluding hydrogens is 500 g/mol. The van der Waals surface area contributed by atoms with Crippen molar-refractivity contribution in [1.29, 1.82) is 0 Å². The second kappa shape index (κ2) is 10.5. The molecule has 12 nitrogen and oxygen atoms in total. The number of nitrogens with one attached hydrogen (secondary N) is 1. The molecule has 190 valence electrons. The first-order valence-corrected chi connectivity index (χ1v) is 12.2. The number of pyridine rings is 2. The van der Waals surface area contributed by atoms with E-state index in [1.54, 1.807) is 37.3 Å². The van der Waals surface area contributed by atoms with Crippen molar-refractivity contribution in [1.82, 2.24) is 19.9 Å².